The predicted molar refractivity (Wildman–Crippen MR) is 91.0 cm³/mol. The summed E-state index contributed by atoms with van der Waals surface area (Å²) in [6, 6.07) is 3.60. The first-order chi connectivity index (χ1) is 11.5. The number of hydrogen-bond donors (Lipinski definition) is 1. The maximum absolute atomic E-state index is 12.5. The lowest BCUT2D eigenvalue weighted by atomic mass is 10.2. The molecular formula is C17H26N4O3. The van der Waals surface area contributed by atoms with Crippen molar-refractivity contribution in [2.24, 2.45) is 0 Å². The molecule has 0 aromatic carbocycles. The summed E-state index contributed by atoms with van der Waals surface area (Å²) in [5, 5.41) is 2.97. The Bertz CT molecular complexity index is 553. The van der Waals surface area contributed by atoms with Gasteiger partial charge in [-0.25, -0.2) is 4.98 Å². The maximum atomic E-state index is 12.5. The van der Waals surface area contributed by atoms with E-state index in [2.05, 4.69) is 15.2 Å². The molecule has 132 valence electrons. The third-order valence-electron chi connectivity index (χ3n) is 4.24. The zero-order chi connectivity index (χ0) is 17.5. The number of nitrogens with one attached hydrogen (secondary N) is 1. The molecule has 2 rings (SSSR count). The first kappa shape index (κ1) is 18.2. The molecule has 1 N–H and O–H groups in total. The van der Waals surface area contributed by atoms with E-state index in [1.165, 1.54) is 6.20 Å². The number of methoxy groups -OCH3 is 1. The second-order valence-electron chi connectivity index (χ2n) is 6.03. The van der Waals surface area contributed by atoms with E-state index in [4.69, 9.17) is 4.74 Å². The molecule has 0 saturated carbocycles. The maximum Gasteiger partial charge on any atom is 0.255 e. The SMILES string of the molecule is CCC(C)NC(=O)CN1CCN(C(=O)c2ccc(OC)nc2)CC1. The summed E-state index contributed by atoms with van der Waals surface area (Å²) in [6.07, 6.45) is 2.46. The molecule has 2 amide bonds. The summed E-state index contributed by atoms with van der Waals surface area (Å²) in [5.74, 6) is 0.501. The highest BCUT2D eigenvalue weighted by Gasteiger charge is 2.23. The Balaban J connectivity index is 1.81. The van der Waals surface area contributed by atoms with Gasteiger partial charge in [0, 0.05) is 44.5 Å². The van der Waals surface area contributed by atoms with Crippen LogP contribution >= 0.6 is 0 Å². The van der Waals surface area contributed by atoms with E-state index in [1.54, 1.807) is 24.1 Å². The average molecular weight is 334 g/mol. The third-order valence-corrected chi connectivity index (χ3v) is 4.24. The van der Waals surface area contributed by atoms with Crippen molar-refractivity contribution in [3.8, 4) is 5.88 Å². The number of carbonyl (C=O) groups is 2. The Morgan fingerprint density at radius 2 is 2.00 bits per heavy atom. The van der Waals surface area contributed by atoms with Crippen LogP contribution in [0.25, 0.3) is 0 Å². The van der Waals surface area contributed by atoms with Gasteiger partial charge >= 0.3 is 0 Å². The van der Waals surface area contributed by atoms with Gasteiger partial charge in [-0.3, -0.25) is 14.5 Å². The normalized spacial score (nSPS) is 16.5. The number of pyridine rings is 1. The second-order valence-corrected chi connectivity index (χ2v) is 6.03. The zero-order valence-electron chi connectivity index (χ0n) is 14.6. The molecule has 24 heavy (non-hydrogen) atoms. The largest absolute Gasteiger partial charge is 0.481 e. The Hall–Kier alpha value is -2.15. The lowest BCUT2D eigenvalue weighted by molar-refractivity contribution is -0.123. The van der Waals surface area contributed by atoms with Crippen molar-refractivity contribution in [3.63, 3.8) is 0 Å². The minimum atomic E-state index is -0.0335. The number of amides is 2. The summed E-state index contributed by atoms with van der Waals surface area (Å²) < 4.78 is 5.00. The molecule has 1 aromatic rings. The lowest BCUT2D eigenvalue weighted by Gasteiger charge is -2.34. The first-order valence-electron chi connectivity index (χ1n) is 8.34. The van der Waals surface area contributed by atoms with Crippen LogP contribution in [0.1, 0.15) is 30.6 Å². The van der Waals surface area contributed by atoms with E-state index in [9.17, 15) is 9.59 Å². The summed E-state index contributed by atoms with van der Waals surface area (Å²) in [4.78, 5) is 32.3. The number of ether oxygens (including phenoxy) is 1. The molecule has 0 bridgehead atoms. The molecule has 1 aliphatic rings. The van der Waals surface area contributed by atoms with Crippen LogP contribution in [0.2, 0.25) is 0 Å². The van der Waals surface area contributed by atoms with Gasteiger partial charge in [-0.05, 0) is 19.4 Å². The Morgan fingerprint density at radius 1 is 1.29 bits per heavy atom. The monoisotopic (exact) mass is 334 g/mol. The fourth-order valence-electron chi connectivity index (χ4n) is 2.54. The highest BCUT2D eigenvalue weighted by atomic mass is 16.5. The van der Waals surface area contributed by atoms with Gasteiger partial charge in [0.15, 0.2) is 0 Å². The van der Waals surface area contributed by atoms with Crippen molar-refractivity contribution < 1.29 is 14.3 Å². The molecule has 7 nitrogen and oxygen atoms in total. The van der Waals surface area contributed by atoms with Crippen LogP contribution in [-0.4, -0.2) is 72.5 Å². The average Bonchev–Trinajstić information content (AvgIpc) is 2.61. The number of nitrogens with zero attached hydrogens (tertiary/aromatic N) is 3. The van der Waals surface area contributed by atoms with Crippen LogP contribution < -0.4 is 10.1 Å². The molecule has 7 heteroatoms. The second kappa shape index (κ2) is 8.63. The smallest absolute Gasteiger partial charge is 0.255 e. The molecule has 1 saturated heterocycles. The fourth-order valence-corrected chi connectivity index (χ4v) is 2.54. The van der Waals surface area contributed by atoms with Crippen molar-refractivity contribution >= 4 is 11.8 Å². The molecule has 0 aliphatic carbocycles. The minimum absolute atomic E-state index is 0.0335. The first-order valence-corrected chi connectivity index (χ1v) is 8.34. The van der Waals surface area contributed by atoms with E-state index in [0.717, 1.165) is 6.42 Å². The highest BCUT2D eigenvalue weighted by Crippen LogP contribution is 2.11. The quantitative estimate of drug-likeness (QED) is 0.831. The van der Waals surface area contributed by atoms with E-state index < -0.39 is 0 Å². The Labute approximate surface area is 143 Å². The molecule has 1 fully saturated rings. The lowest BCUT2D eigenvalue weighted by Crippen LogP contribution is -2.51. The van der Waals surface area contributed by atoms with Gasteiger partial charge in [-0.2, -0.15) is 0 Å². The molecular weight excluding hydrogens is 308 g/mol. The summed E-state index contributed by atoms with van der Waals surface area (Å²) in [5.41, 5.74) is 0.554. The van der Waals surface area contributed by atoms with Crippen LogP contribution in [0.3, 0.4) is 0 Å². The van der Waals surface area contributed by atoms with Crippen LogP contribution in [0.15, 0.2) is 18.3 Å². The van der Waals surface area contributed by atoms with E-state index in [-0.39, 0.29) is 17.9 Å². The molecule has 0 radical (unpaired) electrons. The summed E-state index contributed by atoms with van der Waals surface area (Å²) in [6.45, 7) is 7.05. The van der Waals surface area contributed by atoms with Gasteiger partial charge in [-0.15, -0.1) is 0 Å². The molecule has 1 atom stereocenters. The van der Waals surface area contributed by atoms with Crippen LogP contribution in [0.5, 0.6) is 5.88 Å². The standard InChI is InChI=1S/C17H26N4O3/c1-4-13(2)19-15(22)12-20-7-9-21(10-8-20)17(23)14-5-6-16(24-3)18-11-14/h5-6,11,13H,4,7-10,12H2,1-3H3,(H,19,22). The van der Waals surface area contributed by atoms with Crippen molar-refractivity contribution in [2.45, 2.75) is 26.3 Å². The summed E-state index contributed by atoms with van der Waals surface area (Å²) in [7, 11) is 1.54. The topological polar surface area (TPSA) is 74.8 Å². The highest BCUT2D eigenvalue weighted by molar-refractivity contribution is 5.94. The van der Waals surface area contributed by atoms with Gasteiger partial charge in [-0.1, -0.05) is 6.92 Å². The molecule has 2 heterocycles. The number of rotatable bonds is 6. The number of hydrogen-bond acceptors (Lipinski definition) is 5. The zero-order valence-corrected chi connectivity index (χ0v) is 14.6. The van der Waals surface area contributed by atoms with Gasteiger partial charge in [0.05, 0.1) is 19.2 Å². The summed E-state index contributed by atoms with van der Waals surface area (Å²) >= 11 is 0. The number of aromatic nitrogens is 1. The molecule has 1 unspecified atom stereocenters. The van der Waals surface area contributed by atoms with Crippen LogP contribution in [-0.2, 0) is 4.79 Å². The van der Waals surface area contributed by atoms with Crippen molar-refractivity contribution in [3.05, 3.63) is 23.9 Å². The van der Waals surface area contributed by atoms with Gasteiger partial charge in [0.1, 0.15) is 0 Å². The van der Waals surface area contributed by atoms with Crippen LogP contribution in [0, 0.1) is 0 Å². The predicted octanol–water partition coefficient (Wildman–Crippen LogP) is 0.763. The van der Waals surface area contributed by atoms with E-state index >= 15 is 0 Å². The van der Waals surface area contributed by atoms with E-state index in [1.807, 2.05) is 13.8 Å². The number of piperazine rings is 1. The van der Waals surface area contributed by atoms with Crippen molar-refractivity contribution in [1.29, 1.82) is 0 Å². The van der Waals surface area contributed by atoms with Crippen LogP contribution in [0.4, 0.5) is 0 Å². The third kappa shape index (κ3) is 4.92. The molecule has 0 spiro atoms. The van der Waals surface area contributed by atoms with Gasteiger partial charge in [0.25, 0.3) is 5.91 Å². The molecule has 1 aliphatic heterocycles. The fraction of sp³-hybridized carbons (Fsp3) is 0.588. The van der Waals surface area contributed by atoms with Crippen molar-refractivity contribution in [2.75, 3.05) is 39.8 Å². The van der Waals surface area contributed by atoms with Crippen molar-refractivity contribution in [1.82, 2.24) is 20.1 Å². The number of carbonyl (C=O) groups excluding carboxylic acids is 2. The molecule has 1 aromatic heterocycles. The Kier molecular flexibility index (Phi) is 6.54. The van der Waals surface area contributed by atoms with Gasteiger partial charge in [0.2, 0.25) is 11.8 Å². The Morgan fingerprint density at radius 3 is 2.54 bits per heavy atom. The van der Waals surface area contributed by atoms with Gasteiger partial charge < -0.3 is 15.0 Å². The minimum Gasteiger partial charge on any atom is -0.481 e. The van der Waals surface area contributed by atoms with E-state index in [0.29, 0.717) is 44.2 Å².